The van der Waals surface area contributed by atoms with Crippen molar-refractivity contribution in [1.82, 2.24) is 15.2 Å². The van der Waals surface area contributed by atoms with Crippen LogP contribution >= 0.6 is 22.9 Å². The van der Waals surface area contributed by atoms with Gasteiger partial charge in [-0.25, -0.2) is 14.2 Å². The number of esters is 1. The summed E-state index contributed by atoms with van der Waals surface area (Å²) in [5.41, 5.74) is 0.923. The molecule has 3 heterocycles. The van der Waals surface area contributed by atoms with Gasteiger partial charge in [-0.2, -0.15) is 0 Å². The van der Waals surface area contributed by atoms with E-state index in [1.54, 1.807) is 23.2 Å². The molecular formula is C23H27ClFN4NaO5S. The Labute approximate surface area is 240 Å². The van der Waals surface area contributed by atoms with Crippen molar-refractivity contribution in [3.63, 3.8) is 0 Å². The Bertz CT molecular complexity index is 1040. The van der Waals surface area contributed by atoms with Crippen LogP contribution in [0.15, 0.2) is 52.1 Å². The maximum atomic E-state index is 12.1. The second-order valence-electron chi connectivity index (χ2n) is 6.90. The smallest absolute Gasteiger partial charge is 0.548 e. The normalized spacial score (nSPS) is 17.1. The Morgan fingerprint density at radius 1 is 1.39 bits per heavy atom. The van der Waals surface area contributed by atoms with Crippen molar-refractivity contribution in [2.24, 2.45) is 4.99 Å². The molecule has 0 bridgehead atoms. The van der Waals surface area contributed by atoms with E-state index in [1.165, 1.54) is 30.6 Å². The van der Waals surface area contributed by atoms with Gasteiger partial charge in [0.15, 0.2) is 10.8 Å². The zero-order valence-electron chi connectivity index (χ0n) is 20.6. The molecule has 2 aliphatic heterocycles. The van der Waals surface area contributed by atoms with Crippen LogP contribution < -0.4 is 40.0 Å². The van der Waals surface area contributed by atoms with Crippen molar-refractivity contribution < 1.29 is 58.1 Å². The number of aliphatic carboxylic acids is 1. The number of hydrogen-bond acceptors (Lipinski definition) is 10. The number of nitrogens with zero attached hydrogens (tertiary/aromatic N) is 3. The molecular weight excluding hydrogens is 522 g/mol. The molecule has 0 radical (unpaired) electrons. The molecule has 2 aliphatic rings. The minimum Gasteiger partial charge on any atom is -0.548 e. The van der Waals surface area contributed by atoms with E-state index in [4.69, 9.17) is 21.1 Å². The second-order valence-corrected chi connectivity index (χ2v) is 8.23. The van der Waals surface area contributed by atoms with Gasteiger partial charge in [-0.3, -0.25) is 9.89 Å². The number of carboxylic acids is 1. The zero-order chi connectivity index (χ0) is 25.8. The fourth-order valence-corrected chi connectivity index (χ4v) is 3.90. The molecule has 1 aromatic heterocycles. The first-order valence-electron chi connectivity index (χ1n) is 10.8. The van der Waals surface area contributed by atoms with Crippen molar-refractivity contribution in [2.75, 3.05) is 40.0 Å². The van der Waals surface area contributed by atoms with Gasteiger partial charge in [0.25, 0.3) is 0 Å². The van der Waals surface area contributed by atoms with Gasteiger partial charge in [0.05, 0.1) is 44.5 Å². The molecule has 0 amide bonds. The molecule has 9 nitrogen and oxygen atoms in total. The minimum atomic E-state index is -1.20. The molecule has 1 aromatic carbocycles. The molecule has 2 aromatic rings. The SMILES string of the molecule is CC.COC(=O)C1=C(CN2CCOCC2C(=O)[O-])NC(c2nccs2)=NC1.Fc1cccc(Cl)c1.[Na+]. The first-order valence-corrected chi connectivity index (χ1v) is 12.1. The number of amidine groups is 1. The Kier molecular flexibility index (Phi) is 15.0. The van der Waals surface area contributed by atoms with E-state index in [1.807, 2.05) is 19.2 Å². The third-order valence-corrected chi connectivity index (χ3v) is 5.77. The summed E-state index contributed by atoms with van der Waals surface area (Å²) in [6, 6.07) is 4.94. The summed E-state index contributed by atoms with van der Waals surface area (Å²) in [5.74, 6) is -1.44. The van der Waals surface area contributed by atoms with Gasteiger partial charge in [0, 0.05) is 35.4 Å². The number of methoxy groups -OCH3 is 1. The van der Waals surface area contributed by atoms with Crippen LogP contribution in [0.2, 0.25) is 5.02 Å². The topological polar surface area (TPSA) is 116 Å². The summed E-state index contributed by atoms with van der Waals surface area (Å²) in [5, 5.41) is 17.4. The van der Waals surface area contributed by atoms with Crippen LogP contribution in [-0.4, -0.2) is 73.7 Å². The fraction of sp³-hybridized carbons (Fsp3) is 0.391. The first-order chi connectivity index (χ1) is 16.9. The molecule has 1 atom stereocenters. The number of ether oxygens (including phenoxy) is 2. The molecule has 36 heavy (non-hydrogen) atoms. The summed E-state index contributed by atoms with van der Waals surface area (Å²) < 4.78 is 22.1. The van der Waals surface area contributed by atoms with Gasteiger partial charge in [0.1, 0.15) is 5.82 Å². The van der Waals surface area contributed by atoms with Crippen LogP contribution in [0.1, 0.15) is 18.9 Å². The average Bonchev–Trinajstić information content (AvgIpc) is 3.40. The maximum absolute atomic E-state index is 12.1. The van der Waals surface area contributed by atoms with Crippen LogP contribution in [0.4, 0.5) is 4.39 Å². The van der Waals surface area contributed by atoms with Crippen molar-refractivity contribution in [1.29, 1.82) is 0 Å². The number of aliphatic imine (C=N–C) groups is 1. The number of nitrogens with one attached hydrogen (secondary N) is 1. The molecule has 0 aliphatic carbocycles. The summed E-state index contributed by atoms with van der Waals surface area (Å²) in [6.45, 7) is 5.25. The number of carbonyl (C=O) groups excluding carboxylic acids is 2. The largest absolute Gasteiger partial charge is 1.00 e. The quantitative estimate of drug-likeness (QED) is 0.369. The number of carboxylic acid groups (broad SMARTS) is 1. The predicted molar refractivity (Wildman–Crippen MR) is 130 cm³/mol. The Morgan fingerprint density at radius 3 is 2.69 bits per heavy atom. The third-order valence-electron chi connectivity index (χ3n) is 4.75. The Balaban J connectivity index is 0.000000499. The van der Waals surface area contributed by atoms with Crippen LogP contribution in [0.3, 0.4) is 0 Å². The van der Waals surface area contributed by atoms with E-state index >= 15 is 0 Å². The van der Waals surface area contributed by atoms with Crippen LogP contribution in [0.25, 0.3) is 0 Å². The van der Waals surface area contributed by atoms with Gasteiger partial charge in [-0.15, -0.1) is 11.3 Å². The number of thiazole rings is 1. The van der Waals surface area contributed by atoms with Crippen molar-refractivity contribution in [3.05, 3.63) is 63.0 Å². The van der Waals surface area contributed by atoms with E-state index in [9.17, 15) is 19.1 Å². The van der Waals surface area contributed by atoms with E-state index < -0.39 is 18.0 Å². The van der Waals surface area contributed by atoms with E-state index in [2.05, 4.69) is 15.3 Å². The standard InChI is InChI=1S/C15H18N4O5S.C6H4ClF.C2H6.Na/c1-23-15(22)9-6-17-12(13-16-2-5-25-13)18-10(9)7-19-3-4-24-8-11(19)14(20)21;7-5-2-1-3-6(8)4-5;1-2;/h2,5,11H,3-4,6-8H2,1H3,(H,17,18)(H,20,21);1-4H;1-2H3;/q;;;+1/p-1. The number of aromatic nitrogens is 1. The third kappa shape index (κ3) is 9.55. The number of halogens is 2. The summed E-state index contributed by atoms with van der Waals surface area (Å²) >= 11 is 6.82. The van der Waals surface area contributed by atoms with Crippen molar-refractivity contribution in [3.8, 4) is 0 Å². The molecule has 0 spiro atoms. The minimum absolute atomic E-state index is 0. The van der Waals surface area contributed by atoms with E-state index in [-0.39, 0.29) is 55.1 Å². The first kappa shape index (κ1) is 32.2. The molecule has 1 unspecified atom stereocenters. The Hall–Kier alpha value is -1.86. The molecule has 1 fully saturated rings. The number of rotatable bonds is 5. The fourth-order valence-electron chi connectivity index (χ4n) is 3.13. The van der Waals surface area contributed by atoms with Gasteiger partial charge >= 0.3 is 35.5 Å². The Morgan fingerprint density at radius 2 is 2.14 bits per heavy atom. The summed E-state index contributed by atoms with van der Waals surface area (Å²) in [6.07, 6.45) is 1.66. The summed E-state index contributed by atoms with van der Waals surface area (Å²) in [4.78, 5) is 33.6. The zero-order valence-corrected chi connectivity index (χ0v) is 24.2. The van der Waals surface area contributed by atoms with Crippen molar-refractivity contribution >= 4 is 40.7 Å². The molecule has 13 heteroatoms. The number of hydrogen-bond donors (Lipinski definition) is 1. The van der Waals surface area contributed by atoms with Crippen molar-refractivity contribution in [2.45, 2.75) is 19.9 Å². The number of benzene rings is 1. The van der Waals surface area contributed by atoms with E-state index in [0.29, 0.717) is 40.3 Å². The molecule has 0 saturated carbocycles. The van der Waals surface area contributed by atoms with Crippen LogP contribution in [0, 0.1) is 5.82 Å². The monoisotopic (exact) mass is 548 g/mol. The number of carbonyl (C=O) groups is 2. The maximum Gasteiger partial charge on any atom is 1.00 e. The van der Waals surface area contributed by atoms with Crippen LogP contribution in [-0.2, 0) is 19.1 Å². The van der Waals surface area contributed by atoms with Gasteiger partial charge in [-0.05, 0) is 18.2 Å². The molecule has 4 rings (SSSR count). The summed E-state index contributed by atoms with van der Waals surface area (Å²) in [7, 11) is 1.30. The molecule has 1 saturated heterocycles. The molecule has 190 valence electrons. The second kappa shape index (κ2) is 16.8. The predicted octanol–water partition coefficient (Wildman–Crippen LogP) is -1.12. The average molecular weight is 549 g/mol. The van der Waals surface area contributed by atoms with E-state index in [0.717, 1.165) is 0 Å². The van der Waals surface area contributed by atoms with Gasteiger partial charge in [-0.1, -0.05) is 31.5 Å². The van der Waals surface area contributed by atoms with Crippen LogP contribution in [0.5, 0.6) is 0 Å². The van der Waals surface area contributed by atoms with Gasteiger partial charge in [0.2, 0.25) is 0 Å². The molecule has 1 N–H and O–H groups in total. The van der Waals surface area contributed by atoms with Gasteiger partial charge < -0.3 is 24.7 Å². The number of morpholine rings is 1.